The predicted molar refractivity (Wildman–Crippen MR) is 133 cm³/mol. The Morgan fingerprint density at radius 1 is 1.25 bits per heavy atom. The molecule has 3 fully saturated rings. The first kappa shape index (κ1) is 24.2. The van der Waals surface area contributed by atoms with E-state index in [0.717, 1.165) is 43.0 Å². The third kappa shape index (κ3) is 4.64. The highest BCUT2D eigenvalue weighted by Gasteiger charge is 2.44. The largest absolute Gasteiger partial charge is 0.496 e. The summed E-state index contributed by atoms with van der Waals surface area (Å²) in [4.78, 5) is 44.5. The Balaban J connectivity index is 1.38. The molecule has 2 bridgehead atoms. The number of ether oxygens (including phenoxy) is 1. The first-order valence-corrected chi connectivity index (χ1v) is 12.9. The summed E-state index contributed by atoms with van der Waals surface area (Å²) in [7, 11) is 1.60. The summed E-state index contributed by atoms with van der Waals surface area (Å²) >= 11 is 0. The van der Waals surface area contributed by atoms with E-state index in [9.17, 15) is 19.6 Å². The van der Waals surface area contributed by atoms with Gasteiger partial charge in [-0.1, -0.05) is 18.9 Å². The lowest BCUT2D eigenvalue weighted by atomic mass is 9.76. The molecule has 3 aliphatic rings. The standard InChI is InChI=1S/C27H33N5O4/c1-36-24-9-3-8-21-20(24)14-22(31-21)27(35)32-19-7-2-5-16(11-19)12-23(32)26(34)30-18(15-28)13-17-6-4-10-29-25(17)33/h3,8-9,14,16-19,23,31H,2,4-7,10-13H2,1H3,(H,29,33)(H,30,34)/t16?,17-,18-,19?,23-/m0/s1. The zero-order chi connectivity index (χ0) is 25.2. The minimum absolute atomic E-state index is 0.0151. The van der Waals surface area contributed by atoms with Crippen molar-refractivity contribution in [3.63, 3.8) is 0 Å². The average molecular weight is 492 g/mol. The van der Waals surface area contributed by atoms with Crippen molar-refractivity contribution in [3.8, 4) is 11.8 Å². The lowest BCUT2D eigenvalue weighted by Crippen LogP contribution is -2.60. The number of methoxy groups -OCH3 is 1. The van der Waals surface area contributed by atoms with Crippen molar-refractivity contribution in [2.75, 3.05) is 13.7 Å². The molecule has 2 unspecified atom stereocenters. The second kappa shape index (κ2) is 10.2. The molecule has 3 heterocycles. The predicted octanol–water partition coefficient (Wildman–Crippen LogP) is 2.87. The maximum absolute atomic E-state index is 13.9. The highest BCUT2D eigenvalue weighted by molar-refractivity contribution is 6.01. The molecule has 3 N–H and O–H groups in total. The molecule has 5 rings (SSSR count). The van der Waals surface area contributed by atoms with E-state index in [2.05, 4.69) is 21.7 Å². The fourth-order valence-corrected chi connectivity index (χ4v) is 6.27. The second-order valence-corrected chi connectivity index (χ2v) is 10.3. The quantitative estimate of drug-likeness (QED) is 0.573. The summed E-state index contributed by atoms with van der Waals surface area (Å²) in [5.74, 6) is 0.200. The molecule has 9 heteroatoms. The van der Waals surface area contributed by atoms with E-state index in [1.54, 1.807) is 18.1 Å². The topological polar surface area (TPSA) is 127 Å². The number of H-pyrrole nitrogens is 1. The maximum atomic E-state index is 13.9. The van der Waals surface area contributed by atoms with Gasteiger partial charge in [-0.25, -0.2) is 0 Å². The highest BCUT2D eigenvalue weighted by atomic mass is 16.5. The van der Waals surface area contributed by atoms with Gasteiger partial charge in [-0.3, -0.25) is 14.4 Å². The van der Waals surface area contributed by atoms with Crippen LogP contribution >= 0.6 is 0 Å². The normalized spacial score (nSPS) is 26.6. The van der Waals surface area contributed by atoms with Gasteiger partial charge < -0.3 is 25.3 Å². The van der Waals surface area contributed by atoms with E-state index < -0.39 is 12.1 Å². The molecular weight excluding hydrogens is 458 g/mol. The minimum atomic E-state index is -0.776. The van der Waals surface area contributed by atoms with Crippen molar-refractivity contribution >= 4 is 28.6 Å². The Hall–Kier alpha value is -3.54. The van der Waals surface area contributed by atoms with Gasteiger partial charge in [0.15, 0.2) is 0 Å². The Bertz CT molecular complexity index is 1200. The molecule has 0 spiro atoms. The van der Waals surface area contributed by atoms with Crippen LogP contribution in [-0.2, 0) is 9.59 Å². The van der Waals surface area contributed by atoms with Gasteiger partial charge >= 0.3 is 0 Å². The van der Waals surface area contributed by atoms with Gasteiger partial charge in [0.05, 0.1) is 13.2 Å². The molecule has 1 aromatic carbocycles. The van der Waals surface area contributed by atoms with Crippen molar-refractivity contribution in [1.82, 2.24) is 20.5 Å². The van der Waals surface area contributed by atoms with E-state index in [0.29, 0.717) is 36.7 Å². The maximum Gasteiger partial charge on any atom is 0.271 e. The van der Waals surface area contributed by atoms with Gasteiger partial charge in [0.25, 0.3) is 5.91 Å². The zero-order valence-electron chi connectivity index (χ0n) is 20.6. The van der Waals surface area contributed by atoms with Crippen molar-refractivity contribution in [2.24, 2.45) is 11.8 Å². The number of nitrogens with zero attached hydrogens (tertiary/aromatic N) is 2. The molecule has 36 heavy (non-hydrogen) atoms. The number of likely N-dealkylation sites (tertiary alicyclic amines) is 1. The number of benzene rings is 1. The average Bonchev–Trinajstić information content (AvgIpc) is 3.33. The van der Waals surface area contributed by atoms with E-state index in [-0.39, 0.29) is 36.1 Å². The number of aromatic nitrogens is 1. The Morgan fingerprint density at radius 2 is 2.11 bits per heavy atom. The van der Waals surface area contributed by atoms with Gasteiger partial charge in [-0.05, 0) is 62.6 Å². The molecule has 2 aliphatic heterocycles. The summed E-state index contributed by atoms with van der Waals surface area (Å²) in [5, 5.41) is 16.3. The van der Waals surface area contributed by atoms with Crippen LogP contribution in [0.1, 0.15) is 61.9 Å². The fourth-order valence-electron chi connectivity index (χ4n) is 6.27. The lowest BCUT2D eigenvalue weighted by molar-refractivity contribution is -0.131. The van der Waals surface area contributed by atoms with E-state index in [1.165, 1.54) is 0 Å². The zero-order valence-corrected chi connectivity index (χ0v) is 20.6. The fraction of sp³-hybridized carbons (Fsp3) is 0.556. The number of carbonyl (C=O) groups excluding carboxylic acids is 3. The van der Waals surface area contributed by atoms with Gasteiger partial charge in [0.2, 0.25) is 11.8 Å². The van der Waals surface area contributed by atoms with Gasteiger partial charge in [-0.2, -0.15) is 5.26 Å². The van der Waals surface area contributed by atoms with Crippen LogP contribution in [0.3, 0.4) is 0 Å². The molecular formula is C27H33N5O4. The number of piperidine rings is 2. The summed E-state index contributed by atoms with van der Waals surface area (Å²) in [6.07, 6.45) is 6.28. The van der Waals surface area contributed by atoms with Crippen LogP contribution in [-0.4, -0.2) is 59.4 Å². The summed E-state index contributed by atoms with van der Waals surface area (Å²) in [6.45, 7) is 0.653. The molecule has 0 radical (unpaired) electrons. The molecule has 5 atom stereocenters. The molecule has 190 valence electrons. The molecule has 9 nitrogen and oxygen atoms in total. The van der Waals surface area contributed by atoms with Crippen LogP contribution in [0, 0.1) is 23.2 Å². The number of amides is 3. The number of rotatable bonds is 6. The molecule has 2 saturated heterocycles. The van der Waals surface area contributed by atoms with Crippen molar-refractivity contribution in [3.05, 3.63) is 30.0 Å². The van der Waals surface area contributed by atoms with E-state index >= 15 is 0 Å². The molecule has 2 aromatic rings. The Labute approximate surface area is 210 Å². The number of fused-ring (bicyclic) bond motifs is 3. The van der Waals surface area contributed by atoms with Gasteiger partial charge in [-0.15, -0.1) is 0 Å². The molecule has 3 amide bonds. The monoisotopic (exact) mass is 491 g/mol. The van der Waals surface area contributed by atoms with Crippen LogP contribution in [0.4, 0.5) is 0 Å². The summed E-state index contributed by atoms with van der Waals surface area (Å²) < 4.78 is 5.45. The van der Waals surface area contributed by atoms with E-state index in [4.69, 9.17) is 4.74 Å². The van der Waals surface area contributed by atoms with E-state index in [1.807, 2.05) is 18.2 Å². The van der Waals surface area contributed by atoms with Crippen LogP contribution in [0.2, 0.25) is 0 Å². The molecule has 1 aliphatic carbocycles. The van der Waals surface area contributed by atoms with Crippen LogP contribution in [0.5, 0.6) is 5.75 Å². The number of hydrogen-bond acceptors (Lipinski definition) is 5. The first-order chi connectivity index (χ1) is 17.5. The third-order valence-corrected chi connectivity index (χ3v) is 8.04. The van der Waals surface area contributed by atoms with Crippen molar-refractivity contribution in [1.29, 1.82) is 5.26 Å². The first-order valence-electron chi connectivity index (χ1n) is 12.9. The van der Waals surface area contributed by atoms with Gasteiger partial charge in [0, 0.05) is 29.4 Å². The number of aromatic amines is 1. The van der Waals surface area contributed by atoms with Crippen LogP contribution in [0.15, 0.2) is 24.3 Å². The number of hydrogen-bond donors (Lipinski definition) is 3. The lowest BCUT2D eigenvalue weighted by Gasteiger charge is -2.47. The number of nitrogens with one attached hydrogen (secondary N) is 3. The Morgan fingerprint density at radius 3 is 2.89 bits per heavy atom. The number of nitriles is 1. The van der Waals surface area contributed by atoms with Crippen LogP contribution in [0.25, 0.3) is 10.9 Å². The van der Waals surface area contributed by atoms with Crippen molar-refractivity contribution in [2.45, 2.75) is 69.5 Å². The SMILES string of the molecule is COc1cccc2[nH]c(C(=O)N3C4CCCC(C4)C[C@H]3C(=O)N[C@H](C#N)C[C@@H]3CCCNC3=O)cc12. The molecule has 1 aromatic heterocycles. The van der Waals surface area contributed by atoms with Crippen molar-refractivity contribution < 1.29 is 19.1 Å². The molecule has 1 saturated carbocycles. The third-order valence-electron chi connectivity index (χ3n) is 8.04. The number of carbonyl (C=O) groups is 3. The smallest absolute Gasteiger partial charge is 0.271 e. The van der Waals surface area contributed by atoms with Gasteiger partial charge in [0.1, 0.15) is 23.5 Å². The highest BCUT2D eigenvalue weighted by Crippen LogP contribution is 2.39. The second-order valence-electron chi connectivity index (χ2n) is 10.3. The Kier molecular flexibility index (Phi) is 6.86. The van der Waals surface area contributed by atoms with Crippen LogP contribution < -0.4 is 15.4 Å². The minimum Gasteiger partial charge on any atom is -0.496 e. The summed E-state index contributed by atoms with van der Waals surface area (Å²) in [6, 6.07) is 8.12. The summed E-state index contributed by atoms with van der Waals surface area (Å²) in [5.41, 5.74) is 1.22.